The Morgan fingerprint density at radius 3 is 2.56 bits per heavy atom. The highest BCUT2D eigenvalue weighted by Crippen LogP contribution is 2.57. The van der Waals surface area contributed by atoms with Gasteiger partial charge in [-0.1, -0.05) is 0 Å². The molecule has 9 heavy (non-hydrogen) atoms. The van der Waals surface area contributed by atoms with Crippen LogP contribution in [-0.2, 0) is 18.1 Å². The molecule has 0 unspecified atom stereocenters. The van der Waals surface area contributed by atoms with Crippen molar-refractivity contribution in [2.75, 3.05) is 6.61 Å². The summed E-state index contributed by atoms with van der Waals surface area (Å²) in [6.07, 6.45) is -0.938. The van der Waals surface area contributed by atoms with E-state index >= 15 is 0 Å². The topological polar surface area (TPSA) is 61.8 Å². The fourth-order valence-corrected chi connectivity index (χ4v) is 1.20. The predicted octanol–water partition coefficient (Wildman–Crippen LogP) is 1.30. The fourth-order valence-electron chi connectivity index (χ4n) is 0.400. The average molecular weight is 152 g/mol. The van der Waals surface area contributed by atoms with Gasteiger partial charge in [0, 0.05) is 0 Å². The Morgan fingerprint density at radius 1 is 1.67 bits per heavy atom. The van der Waals surface area contributed by atoms with Crippen LogP contribution in [0, 0.1) is 0 Å². The largest absolute Gasteiger partial charge is 0.596 e. The molecule has 6 heteroatoms. The van der Waals surface area contributed by atoms with Crippen molar-refractivity contribution in [1.82, 2.24) is 0 Å². The highest BCUT2D eigenvalue weighted by Gasteiger charge is 2.46. The maximum absolute atomic E-state index is 10.6. The van der Waals surface area contributed by atoms with Crippen LogP contribution in [0.25, 0.3) is 0 Å². The maximum Gasteiger partial charge on any atom is 0.596 e. The molecule has 0 aromatic carbocycles. The molecule has 0 bridgehead atoms. The smallest absolute Gasteiger partial charge is 0.328 e. The van der Waals surface area contributed by atoms with Crippen molar-refractivity contribution in [2.45, 2.75) is 6.92 Å². The van der Waals surface area contributed by atoms with Crippen molar-refractivity contribution in [3.63, 3.8) is 0 Å². The summed E-state index contributed by atoms with van der Waals surface area (Å²) >= 11 is 0. The molecule has 0 saturated carbocycles. The molecule has 1 saturated heterocycles. The van der Waals surface area contributed by atoms with E-state index < -0.39 is 14.0 Å². The van der Waals surface area contributed by atoms with Crippen molar-refractivity contribution in [2.24, 2.45) is 0 Å². The highest BCUT2D eigenvalue weighted by molar-refractivity contribution is 7.51. The quantitative estimate of drug-likeness (QED) is 0.558. The van der Waals surface area contributed by atoms with Gasteiger partial charge in [0.05, 0.1) is 6.61 Å². The van der Waals surface area contributed by atoms with Crippen LogP contribution < -0.4 is 0 Å². The lowest BCUT2D eigenvalue weighted by Crippen LogP contribution is -2.18. The summed E-state index contributed by atoms with van der Waals surface area (Å²) in [4.78, 5) is 9.89. The summed E-state index contributed by atoms with van der Waals surface area (Å²) < 4.78 is 23.1. The molecule has 0 spiro atoms. The summed E-state index contributed by atoms with van der Waals surface area (Å²) in [6.45, 7) is 1.82. The second kappa shape index (κ2) is 2.01. The normalized spacial score (nSPS) is 21.7. The van der Waals surface area contributed by atoms with Gasteiger partial charge >= 0.3 is 14.0 Å². The first-order chi connectivity index (χ1) is 4.16. The van der Waals surface area contributed by atoms with Crippen LogP contribution in [0.2, 0.25) is 0 Å². The van der Waals surface area contributed by atoms with Crippen LogP contribution in [0.4, 0.5) is 4.79 Å². The molecule has 0 aromatic heterocycles. The number of rotatable bonds is 2. The van der Waals surface area contributed by atoms with Crippen molar-refractivity contribution in [3.05, 3.63) is 0 Å². The number of hydrogen-bond donors (Lipinski definition) is 0. The molecule has 52 valence electrons. The van der Waals surface area contributed by atoms with E-state index in [2.05, 4.69) is 13.6 Å². The molecule has 1 rings (SSSR count). The van der Waals surface area contributed by atoms with Gasteiger partial charge in [0.15, 0.2) is 0 Å². The van der Waals surface area contributed by atoms with Gasteiger partial charge in [-0.05, 0) is 6.92 Å². The van der Waals surface area contributed by atoms with Crippen LogP contribution in [0.15, 0.2) is 0 Å². The molecule has 1 aliphatic heterocycles. The molecular formula is C3H5O5P. The second-order valence-electron chi connectivity index (χ2n) is 1.30. The van der Waals surface area contributed by atoms with Crippen molar-refractivity contribution in [3.8, 4) is 0 Å². The first kappa shape index (κ1) is 6.58. The van der Waals surface area contributed by atoms with Crippen LogP contribution in [0.5, 0.6) is 0 Å². The molecule has 0 aliphatic carbocycles. The predicted molar refractivity (Wildman–Crippen MR) is 26.8 cm³/mol. The first-order valence-corrected chi connectivity index (χ1v) is 3.80. The van der Waals surface area contributed by atoms with E-state index in [1.165, 1.54) is 0 Å². The Bertz CT molecular complexity index is 163. The third-order valence-electron chi connectivity index (χ3n) is 0.660. The summed E-state index contributed by atoms with van der Waals surface area (Å²) in [5.41, 5.74) is 0. The van der Waals surface area contributed by atoms with E-state index in [0.717, 1.165) is 0 Å². The van der Waals surface area contributed by atoms with E-state index in [4.69, 9.17) is 0 Å². The van der Waals surface area contributed by atoms with Gasteiger partial charge in [-0.3, -0.25) is 4.52 Å². The summed E-state index contributed by atoms with van der Waals surface area (Å²) in [7, 11) is -3.40. The molecule has 0 radical (unpaired) electrons. The third kappa shape index (κ3) is 1.23. The molecule has 1 heterocycles. The molecule has 5 nitrogen and oxygen atoms in total. The zero-order chi connectivity index (χ0) is 6.91. The fraction of sp³-hybridized carbons (Fsp3) is 0.667. The average Bonchev–Trinajstić information content (AvgIpc) is 1.62. The third-order valence-corrected chi connectivity index (χ3v) is 1.98. The Labute approximate surface area is 51.5 Å². The SMILES string of the molecule is CCOP1(=O)OC(=O)O1. The van der Waals surface area contributed by atoms with Gasteiger partial charge in [-0.15, -0.1) is 0 Å². The molecule has 1 aliphatic rings. The zero-order valence-electron chi connectivity index (χ0n) is 4.70. The van der Waals surface area contributed by atoms with E-state index in [1.807, 2.05) is 0 Å². The van der Waals surface area contributed by atoms with Gasteiger partial charge < -0.3 is 9.05 Å². The van der Waals surface area contributed by atoms with E-state index in [0.29, 0.717) is 0 Å². The zero-order valence-corrected chi connectivity index (χ0v) is 5.59. The number of carbonyl (C=O) groups excluding carboxylic acids is 1. The van der Waals surface area contributed by atoms with E-state index in [9.17, 15) is 9.36 Å². The van der Waals surface area contributed by atoms with Crippen molar-refractivity contribution < 1.29 is 22.9 Å². The maximum atomic E-state index is 10.6. The number of phosphoric acid groups is 1. The van der Waals surface area contributed by atoms with Gasteiger partial charge in [-0.25, -0.2) is 9.36 Å². The van der Waals surface area contributed by atoms with Crippen molar-refractivity contribution in [1.29, 1.82) is 0 Å². The minimum absolute atomic E-state index is 0.199. The molecule has 0 N–H and O–H groups in total. The lowest BCUT2D eigenvalue weighted by Gasteiger charge is -2.21. The molecular weight excluding hydrogens is 147 g/mol. The lowest BCUT2D eigenvalue weighted by atomic mass is 10.9. The Kier molecular flexibility index (Phi) is 1.47. The van der Waals surface area contributed by atoms with E-state index in [1.54, 1.807) is 6.92 Å². The number of phosphoric ester groups is 1. The summed E-state index contributed by atoms with van der Waals surface area (Å²) in [6, 6.07) is 0. The molecule has 0 atom stereocenters. The minimum atomic E-state index is -3.40. The van der Waals surface area contributed by atoms with Gasteiger partial charge in [-0.2, -0.15) is 0 Å². The monoisotopic (exact) mass is 152 g/mol. The summed E-state index contributed by atoms with van der Waals surface area (Å²) in [5, 5.41) is 0. The Morgan fingerprint density at radius 2 is 2.22 bits per heavy atom. The Hall–Kier alpha value is -0.540. The van der Waals surface area contributed by atoms with E-state index in [-0.39, 0.29) is 6.61 Å². The van der Waals surface area contributed by atoms with Gasteiger partial charge in [0.25, 0.3) is 0 Å². The van der Waals surface area contributed by atoms with Crippen LogP contribution in [0.1, 0.15) is 6.92 Å². The lowest BCUT2D eigenvalue weighted by molar-refractivity contribution is 0.0557. The van der Waals surface area contributed by atoms with Gasteiger partial charge in [0.2, 0.25) is 0 Å². The standard InChI is InChI=1S/C3H5O5P/c1-2-6-9(5)7-3(4)8-9/h2H2,1H3. The molecule has 0 aromatic rings. The van der Waals surface area contributed by atoms with Crippen LogP contribution >= 0.6 is 7.82 Å². The van der Waals surface area contributed by atoms with Crippen LogP contribution in [0.3, 0.4) is 0 Å². The number of hydrogen-bond acceptors (Lipinski definition) is 5. The van der Waals surface area contributed by atoms with Crippen LogP contribution in [-0.4, -0.2) is 12.8 Å². The highest BCUT2D eigenvalue weighted by atomic mass is 31.2. The number of carbonyl (C=O) groups is 1. The Balaban J connectivity index is 2.41. The van der Waals surface area contributed by atoms with Crippen molar-refractivity contribution >= 4 is 14.0 Å². The second-order valence-corrected chi connectivity index (χ2v) is 2.82. The first-order valence-electron chi connectivity index (χ1n) is 2.34. The van der Waals surface area contributed by atoms with Gasteiger partial charge in [0.1, 0.15) is 0 Å². The summed E-state index contributed by atoms with van der Waals surface area (Å²) in [5.74, 6) is 0. The molecule has 1 fully saturated rings. The molecule has 0 amide bonds. The minimum Gasteiger partial charge on any atom is -0.328 e.